The van der Waals surface area contributed by atoms with Crippen molar-refractivity contribution in [1.29, 1.82) is 0 Å². The van der Waals surface area contributed by atoms with Crippen molar-refractivity contribution in [3.8, 4) is 0 Å². The zero-order valence-electron chi connectivity index (χ0n) is 16.3. The first-order chi connectivity index (χ1) is 13.5. The number of piperazine rings is 1. The van der Waals surface area contributed by atoms with Crippen LogP contribution in [0.25, 0.3) is 0 Å². The predicted octanol–water partition coefficient (Wildman–Crippen LogP) is 0.696. The molecule has 0 bridgehead atoms. The first-order valence-electron chi connectivity index (χ1n) is 10.2. The molecule has 8 heteroatoms. The van der Waals surface area contributed by atoms with Gasteiger partial charge in [-0.3, -0.25) is 19.3 Å². The molecule has 3 aliphatic rings. The van der Waals surface area contributed by atoms with Gasteiger partial charge in [-0.25, -0.2) is 0 Å². The smallest absolute Gasteiger partial charge is 0.290 e. The van der Waals surface area contributed by atoms with Crippen LogP contribution >= 0.6 is 0 Å². The normalized spacial score (nSPS) is 24.2. The number of hydrogen-bond acceptors (Lipinski definition) is 5. The van der Waals surface area contributed by atoms with E-state index in [-0.39, 0.29) is 29.5 Å². The van der Waals surface area contributed by atoms with Crippen LogP contribution in [0.1, 0.15) is 43.2 Å². The van der Waals surface area contributed by atoms with Crippen LogP contribution in [0.5, 0.6) is 0 Å². The molecule has 1 aromatic rings. The Labute approximate surface area is 164 Å². The summed E-state index contributed by atoms with van der Waals surface area (Å²) in [7, 11) is 0. The fourth-order valence-corrected chi connectivity index (χ4v) is 4.06. The summed E-state index contributed by atoms with van der Waals surface area (Å²) in [4.78, 5) is 43.5. The van der Waals surface area contributed by atoms with Gasteiger partial charge in [0.1, 0.15) is 6.04 Å². The Kier molecular flexibility index (Phi) is 5.39. The van der Waals surface area contributed by atoms with Gasteiger partial charge >= 0.3 is 0 Å². The Balaban J connectivity index is 1.31. The van der Waals surface area contributed by atoms with E-state index in [1.54, 1.807) is 17.0 Å². The number of carbonyl (C=O) groups excluding carboxylic acids is 3. The minimum atomic E-state index is -0.417. The van der Waals surface area contributed by atoms with E-state index in [4.69, 9.17) is 4.42 Å². The lowest BCUT2D eigenvalue weighted by Crippen LogP contribution is -2.57. The first-order valence-corrected chi connectivity index (χ1v) is 10.2. The van der Waals surface area contributed by atoms with E-state index < -0.39 is 6.04 Å². The van der Waals surface area contributed by atoms with Gasteiger partial charge in [0.2, 0.25) is 11.8 Å². The van der Waals surface area contributed by atoms with Crippen molar-refractivity contribution in [1.82, 2.24) is 20.0 Å². The second kappa shape index (κ2) is 7.95. The van der Waals surface area contributed by atoms with Crippen molar-refractivity contribution in [3.63, 3.8) is 0 Å². The van der Waals surface area contributed by atoms with Crippen molar-refractivity contribution in [2.24, 2.45) is 0 Å². The number of amides is 3. The zero-order chi connectivity index (χ0) is 19.7. The van der Waals surface area contributed by atoms with Crippen LogP contribution in [0.4, 0.5) is 0 Å². The SMILES string of the molecule is CC(C(=O)NC1CC1)N1CCN(C(=O)C2CCCN2C(=O)c2ccco2)CC1. The van der Waals surface area contributed by atoms with Gasteiger partial charge in [0.05, 0.1) is 12.3 Å². The van der Waals surface area contributed by atoms with Gasteiger partial charge in [0.15, 0.2) is 5.76 Å². The Morgan fingerprint density at radius 3 is 2.50 bits per heavy atom. The van der Waals surface area contributed by atoms with Gasteiger partial charge in [-0.1, -0.05) is 0 Å². The Bertz CT molecular complexity index is 723. The molecule has 0 spiro atoms. The van der Waals surface area contributed by atoms with E-state index in [0.717, 1.165) is 19.3 Å². The third kappa shape index (κ3) is 3.92. The standard InChI is InChI=1S/C20H28N4O4/c1-14(18(25)21-15-6-7-15)22-9-11-23(12-10-22)19(26)16-4-2-8-24(16)20(27)17-5-3-13-28-17/h3,5,13-16H,2,4,6-12H2,1H3,(H,21,25). The summed E-state index contributed by atoms with van der Waals surface area (Å²) in [5.74, 6) is 0.144. The molecule has 4 rings (SSSR count). The van der Waals surface area contributed by atoms with Crippen LogP contribution < -0.4 is 5.32 Å². The lowest BCUT2D eigenvalue weighted by atomic mass is 10.1. The monoisotopic (exact) mass is 388 g/mol. The van der Waals surface area contributed by atoms with E-state index in [9.17, 15) is 14.4 Å². The fraction of sp³-hybridized carbons (Fsp3) is 0.650. The van der Waals surface area contributed by atoms with E-state index >= 15 is 0 Å². The molecule has 152 valence electrons. The lowest BCUT2D eigenvalue weighted by Gasteiger charge is -2.39. The average molecular weight is 388 g/mol. The predicted molar refractivity (Wildman–Crippen MR) is 102 cm³/mol. The number of likely N-dealkylation sites (tertiary alicyclic amines) is 1. The summed E-state index contributed by atoms with van der Waals surface area (Å²) in [5.41, 5.74) is 0. The van der Waals surface area contributed by atoms with E-state index in [1.807, 2.05) is 11.8 Å². The summed E-state index contributed by atoms with van der Waals surface area (Å²) in [6.07, 6.45) is 5.14. The molecule has 0 aromatic carbocycles. The van der Waals surface area contributed by atoms with Crippen LogP contribution in [0.2, 0.25) is 0 Å². The minimum Gasteiger partial charge on any atom is -0.459 e. The highest BCUT2D eigenvalue weighted by Crippen LogP contribution is 2.23. The molecule has 3 heterocycles. The maximum absolute atomic E-state index is 13.1. The summed E-state index contributed by atoms with van der Waals surface area (Å²) in [6.45, 7) is 5.01. The first kappa shape index (κ1) is 19.0. The third-order valence-electron chi connectivity index (χ3n) is 6.01. The largest absolute Gasteiger partial charge is 0.459 e. The molecule has 1 aliphatic carbocycles. The van der Waals surface area contributed by atoms with Crippen LogP contribution in [0.15, 0.2) is 22.8 Å². The molecule has 1 aromatic heterocycles. The molecule has 1 N–H and O–H groups in total. The Hall–Kier alpha value is -2.35. The van der Waals surface area contributed by atoms with E-state index in [1.165, 1.54) is 6.26 Å². The van der Waals surface area contributed by atoms with E-state index in [0.29, 0.717) is 45.2 Å². The van der Waals surface area contributed by atoms with Crippen LogP contribution in [-0.2, 0) is 9.59 Å². The Morgan fingerprint density at radius 2 is 1.86 bits per heavy atom. The summed E-state index contributed by atoms with van der Waals surface area (Å²) >= 11 is 0. The highest BCUT2D eigenvalue weighted by Gasteiger charge is 2.39. The van der Waals surface area contributed by atoms with Crippen molar-refractivity contribution < 1.29 is 18.8 Å². The average Bonchev–Trinajstić information content (AvgIpc) is 3.18. The van der Waals surface area contributed by atoms with Gasteiger partial charge < -0.3 is 19.5 Å². The van der Waals surface area contributed by atoms with Gasteiger partial charge in [0.25, 0.3) is 5.91 Å². The maximum atomic E-state index is 13.1. The van der Waals surface area contributed by atoms with Gasteiger partial charge in [-0.15, -0.1) is 0 Å². The molecule has 2 unspecified atom stereocenters. The second-order valence-electron chi connectivity index (χ2n) is 7.95. The molecule has 2 atom stereocenters. The number of carbonyl (C=O) groups is 3. The molecule has 0 radical (unpaired) electrons. The summed E-state index contributed by atoms with van der Waals surface area (Å²) < 4.78 is 5.22. The number of nitrogens with one attached hydrogen (secondary N) is 1. The molecular weight excluding hydrogens is 360 g/mol. The van der Waals surface area contributed by atoms with Crippen LogP contribution in [0, 0.1) is 0 Å². The number of hydrogen-bond donors (Lipinski definition) is 1. The third-order valence-corrected chi connectivity index (χ3v) is 6.01. The number of nitrogens with zero attached hydrogens (tertiary/aromatic N) is 3. The quantitative estimate of drug-likeness (QED) is 0.802. The number of furan rings is 1. The van der Waals surface area contributed by atoms with Crippen molar-refractivity contribution in [3.05, 3.63) is 24.2 Å². The zero-order valence-corrected chi connectivity index (χ0v) is 16.3. The highest BCUT2D eigenvalue weighted by atomic mass is 16.3. The highest BCUT2D eigenvalue weighted by molar-refractivity contribution is 5.96. The van der Waals surface area contributed by atoms with Crippen LogP contribution in [-0.4, -0.2) is 83.3 Å². The molecule has 3 amide bonds. The molecular formula is C20H28N4O4. The van der Waals surface area contributed by atoms with Gasteiger partial charge in [-0.2, -0.15) is 0 Å². The molecule has 28 heavy (non-hydrogen) atoms. The van der Waals surface area contributed by atoms with E-state index in [2.05, 4.69) is 10.2 Å². The molecule has 3 fully saturated rings. The summed E-state index contributed by atoms with van der Waals surface area (Å²) in [5, 5.41) is 3.05. The number of rotatable bonds is 5. The maximum Gasteiger partial charge on any atom is 0.290 e. The molecule has 2 aliphatic heterocycles. The molecule has 8 nitrogen and oxygen atoms in total. The van der Waals surface area contributed by atoms with Gasteiger partial charge in [0, 0.05) is 38.8 Å². The van der Waals surface area contributed by atoms with Crippen molar-refractivity contribution in [2.75, 3.05) is 32.7 Å². The fourth-order valence-electron chi connectivity index (χ4n) is 4.06. The molecule has 1 saturated carbocycles. The molecule has 2 saturated heterocycles. The minimum absolute atomic E-state index is 0.00661. The van der Waals surface area contributed by atoms with Crippen LogP contribution in [0.3, 0.4) is 0 Å². The lowest BCUT2D eigenvalue weighted by molar-refractivity contribution is -0.138. The van der Waals surface area contributed by atoms with Crippen molar-refractivity contribution in [2.45, 2.75) is 50.7 Å². The second-order valence-corrected chi connectivity index (χ2v) is 7.95. The topological polar surface area (TPSA) is 86.1 Å². The van der Waals surface area contributed by atoms with Gasteiger partial charge in [-0.05, 0) is 44.7 Å². The summed E-state index contributed by atoms with van der Waals surface area (Å²) in [6, 6.07) is 3.08. The Morgan fingerprint density at radius 1 is 1.11 bits per heavy atom. The van der Waals surface area contributed by atoms with Crippen molar-refractivity contribution >= 4 is 17.7 Å².